The summed E-state index contributed by atoms with van der Waals surface area (Å²) >= 11 is 0. The van der Waals surface area contributed by atoms with E-state index >= 15 is 0 Å². The molecule has 1 heteroatoms. The van der Waals surface area contributed by atoms with Crippen molar-refractivity contribution >= 4 is 11.4 Å². The monoisotopic (exact) mass is 188 g/mol. The van der Waals surface area contributed by atoms with Crippen LogP contribution in [0.2, 0.25) is 0 Å². The van der Waals surface area contributed by atoms with Gasteiger partial charge in [0.25, 0.3) is 0 Å². The van der Waals surface area contributed by atoms with E-state index in [2.05, 4.69) is 6.58 Å². The summed E-state index contributed by atoms with van der Waals surface area (Å²) < 4.78 is 0. The third kappa shape index (κ3) is 2.32. The van der Waals surface area contributed by atoms with E-state index in [1.165, 1.54) is 0 Å². The van der Waals surface area contributed by atoms with Gasteiger partial charge >= 0.3 is 0 Å². The first-order chi connectivity index (χ1) is 6.52. The Kier molecular flexibility index (Phi) is 3.23. The smallest absolute Gasteiger partial charge is 0.136 e. The normalized spacial score (nSPS) is 12.2. The Morgan fingerprint density at radius 1 is 1.21 bits per heavy atom. The van der Waals surface area contributed by atoms with Gasteiger partial charge in [-0.05, 0) is 25.0 Å². The zero-order valence-corrected chi connectivity index (χ0v) is 9.00. The lowest BCUT2D eigenvalue weighted by atomic mass is 9.96. The SMILES string of the molecule is C=C(C)c1ccc(C(C)C(C)=O)cc1. The lowest BCUT2D eigenvalue weighted by molar-refractivity contribution is -0.118. The molecular weight excluding hydrogens is 172 g/mol. The number of hydrogen-bond donors (Lipinski definition) is 0. The van der Waals surface area contributed by atoms with Crippen LogP contribution < -0.4 is 0 Å². The van der Waals surface area contributed by atoms with Gasteiger partial charge in [0.15, 0.2) is 0 Å². The molecule has 14 heavy (non-hydrogen) atoms. The van der Waals surface area contributed by atoms with Crippen LogP contribution in [0.3, 0.4) is 0 Å². The Morgan fingerprint density at radius 2 is 1.71 bits per heavy atom. The predicted octanol–water partition coefficient (Wildman–Crippen LogP) is 3.41. The van der Waals surface area contributed by atoms with E-state index in [-0.39, 0.29) is 11.7 Å². The van der Waals surface area contributed by atoms with Gasteiger partial charge in [-0.3, -0.25) is 4.79 Å². The van der Waals surface area contributed by atoms with E-state index in [4.69, 9.17) is 0 Å². The fourth-order valence-electron chi connectivity index (χ4n) is 1.29. The van der Waals surface area contributed by atoms with Crippen molar-refractivity contribution in [2.45, 2.75) is 26.7 Å². The van der Waals surface area contributed by atoms with Gasteiger partial charge in [0.2, 0.25) is 0 Å². The van der Waals surface area contributed by atoms with E-state index in [0.29, 0.717) is 0 Å². The zero-order chi connectivity index (χ0) is 10.7. The van der Waals surface area contributed by atoms with Crippen LogP contribution in [-0.2, 0) is 4.79 Å². The molecule has 1 aromatic carbocycles. The van der Waals surface area contributed by atoms with Crippen molar-refractivity contribution in [2.75, 3.05) is 0 Å². The molecule has 1 nitrogen and oxygen atoms in total. The zero-order valence-electron chi connectivity index (χ0n) is 9.00. The first-order valence-electron chi connectivity index (χ1n) is 4.78. The summed E-state index contributed by atoms with van der Waals surface area (Å²) in [7, 11) is 0. The lowest BCUT2D eigenvalue weighted by Gasteiger charge is -2.08. The highest BCUT2D eigenvalue weighted by Crippen LogP contribution is 2.19. The lowest BCUT2D eigenvalue weighted by Crippen LogP contribution is -2.03. The van der Waals surface area contributed by atoms with Gasteiger partial charge < -0.3 is 0 Å². The number of ketones is 1. The van der Waals surface area contributed by atoms with Gasteiger partial charge in [-0.2, -0.15) is 0 Å². The van der Waals surface area contributed by atoms with Crippen molar-refractivity contribution in [3.05, 3.63) is 42.0 Å². The maximum Gasteiger partial charge on any atom is 0.136 e. The minimum atomic E-state index is -0.00540. The maximum atomic E-state index is 11.1. The molecule has 0 bridgehead atoms. The average Bonchev–Trinajstić information content (AvgIpc) is 2.16. The highest BCUT2D eigenvalue weighted by molar-refractivity contribution is 5.83. The van der Waals surface area contributed by atoms with E-state index < -0.39 is 0 Å². The summed E-state index contributed by atoms with van der Waals surface area (Å²) in [4.78, 5) is 11.1. The molecule has 1 atom stereocenters. The summed E-state index contributed by atoms with van der Waals surface area (Å²) in [5.74, 6) is 0.197. The molecule has 1 rings (SSSR count). The Hall–Kier alpha value is -1.37. The largest absolute Gasteiger partial charge is 0.299 e. The second-order valence-electron chi connectivity index (χ2n) is 3.73. The summed E-state index contributed by atoms with van der Waals surface area (Å²) in [5, 5.41) is 0. The van der Waals surface area contributed by atoms with Crippen molar-refractivity contribution in [3.63, 3.8) is 0 Å². The highest BCUT2D eigenvalue weighted by atomic mass is 16.1. The Morgan fingerprint density at radius 3 is 2.07 bits per heavy atom. The Balaban J connectivity index is 2.94. The molecule has 0 aliphatic heterocycles. The fraction of sp³-hybridized carbons (Fsp3) is 0.308. The predicted molar refractivity (Wildman–Crippen MR) is 60.2 cm³/mol. The van der Waals surface area contributed by atoms with Gasteiger partial charge in [0.1, 0.15) is 5.78 Å². The second kappa shape index (κ2) is 4.23. The van der Waals surface area contributed by atoms with Gasteiger partial charge in [-0.15, -0.1) is 0 Å². The van der Waals surface area contributed by atoms with Gasteiger partial charge in [-0.1, -0.05) is 43.3 Å². The quantitative estimate of drug-likeness (QED) is 0.710. The molecule has 0 fully saturated rings. The number of rotatable bonds is 3. The molecule has 0 aliphatic rings. The molecule has 0 heterocycles. The number of Topliss-reactive ketones (excluding diaryl/α,β-unsaturated/α-hetero) is 1. The minimum Gasteiger partial charge on any atom is -0.299 e. The molecule has 1 aromatic rings. The number of carbonyl (C=O) groups is 1. The average molecular weight is 188 g/mol. The molecule has 0 N–H and O–H groups in total. The molecule has 0 aliphatic carbocycles. The molecule has 0 saturated carbocycles. The number of benzene rings is 1. The van der Waals surface area contributed by atoms with Crippen LogP contribution in [0.1, 0.15) is 37.8 Å². The molecule has 0 spiro atoms. The van der Waals surface area contributed by atoms with Crippen molar-refractivity contribution in [1.82, 2.24) is 0 Å². The van der Waals surface area contributed by atoms with Crippen LogP contribution in [0, 0.1) is 0 Å². The first-order valence-corrected chi connectivity index (χ1v) is 4.78. The summed E-state index contributed by atoms with van der Waals surface area (Å²) in [6.45, 7) is 9.39. The topological polar surface area (TPSA) is 17.1 Å². The van der Waals surface area contributed by atoms with Crippen molar-refractivity contribution in [1.29, 1.82) is 0 Å². The van der Waals surface area contributed by atoms with Gasteiger partial charge in [0.05, 0.1) is 0 Å². The Bertz CT molecular complexity index is 346. The fourth-order valence-corrected chi connectivity index (χ4v) is 1.29. The minimum absolute atomic E-state index is 0.00540. The number of carbonyl (C=O) groups excluding carboxylic acids is 1. The molecule has 0 amide bonds. The third-order valence-corrected chi connectivity index (χ3v) is 2.51. The van der Waals surface area contributed by atoms with E-state index in [1.54, 1.807) is 6.92 Å². The number of hydrogen-bond acceptors (Lipinski definition) is 1. The number of allylic oxidation sites excluding steroid dienone is 1. The second-order valence-corrected chi connectivity index (χ2v) is 3.73. The molecule has 74 valence electrons. The van der Waals surface area contributed by atoms with E-state index in [1.807, 2.05) is 38.1 Å². The standard InChI is InChI=1S/C13H16O/c1-9(2)12-5-7-13(8-6-12)10(3)11(4)14/h5-8,10H,1H2,2-4H3. The third-order valence-electron chi connectivity index (χ3n) is 2.51. The van der Waals surface area contributed by atoms with Crippen LogP contribution >= 0.6 is 0 Å². The van der Waals surface area contributed by atoms with Crippen molar-refractivity contribution in [2.24, 2.45) is 0 Å². The van der Waals surface area contributed by atoms with Crippen LogP contribution in [0.15, 0.2) is 30.8 Å². The van der Waals surface area contributed by atoms with Crippen LogP contribution in [0.5, 0.6) is 0 Å². The first kappa shape index (κ1) is 10.7. The molecule has 0 radical (unpaired) electrons. The van der Waals surface area contributed by atoms with Gasteiger partial charge in [-0.25, -0.2) is 0 Å². The highest BCUT2D eigenvalue weighted by Gasteiger charge is 2.09. The molecule has 1 unspecified atom stereocenters. The van der Waals surface area contributed by atoms with E-state index in [9.17, 15) is 4.79 Å². The van der Waals surface area contributed by atoms with Gasteiger partial charge in [0, 0.05) is 5.92 Å². The molecular formula is C13H16O. The molecule has 0 saturated heterocycles. The summed E-state index contributed by atoms with van der Waals surface area (Å²) in [5.41, 5.74) is 3.25. The summed E-state index contributed by atoms with van der Waals surface area (Å²) in [6, 6.07) is 8.01. The van der Waals surface area contributed by atoms with Crippen molar-refractivity contribution < 1.29 is 4.79 Å². The van der Waals surface area contributed by atoms with Crippen molar-refractivity contribution in [3.8, 4) is 0 Å². The summed E-state index contributed by atoms with van der Waals surface area (Å²) in [6.07, 6.45) is 0. The van der Waals surface area contributed by atoms with Crippen LogP contribution in [-0.4, -0.2) is 5.78 Å². The van der Waals surface area contributed by atoms with E-state index in [0.717, 1.165) is 16.7 Å². The van der Waals surface area contributed by atoms with Crippen LogP contribution in [0.4, 0.5) is 0 Å². The molecule has 0 aromatic heterocycles. The maximum absolute atomic E-state index is 11.1. The van der Waals surface area contributed by atoms with Crippen LogP contribution in [0.25, 0.3) is 5.57 Å². The Labute approximate surface area is 85.5 Å².